The molecule has 0 radical (unpaired) electrons. The minimum absolute atomic E-state index is 0.416. The standard InChI is InChI=1S/C6H2Cl4I4/c7-11-3-1-4(12-8)6(14-10)2-5(3)13-9/h1-2H/q-4. The van der Waals surface area contributed by atoms with E-state index < -0.39 is 80.3 Å². The van der Waals surface area contributed by atoms with E-state index in [0.717, 1.165) is 0 Å². The molecule has 0 saturated carbocycles. The zero-order chi connectivity index (χ0) is 10.6. The van der Waals surface area contributed by atoms with E-state index in [-0.39, 0.29) is 0 Å². The Morgan fingerprint density at radius 3 is 0.929 bits per heavy atom. The fourth-order valence-corrected chi connectivity index (χ4v) is 14.2. The van der Waals surface area contributed by atoms with Crippen LogP contribution in [-0.2, 0) is 0 Å². The van der Waals surface area contributed by atoms with Gasteiger partial charge in [0.2, 0.25) is 0 Å². The van der Waals surface area contributed by atoms with Crippen LogP contribution in [0.1, 0.15) is 0 Å². The van der Waals surface area contributed by atoms with Gasteiger partial charge < -0.3 is 0 Å². The average molecular weight is 724 g/mol. The molecule has 0 atom stereocenters. The van der Waals surface area contributed by atoms with Gasteiger partial charge in [-0.05, 0) is 0 Å². The molecule has 0 heterocycles. The van der Waals surface area contributed by atoms with Crippen LogP contribution >= 0.6 is 35.6 Å². The first-order valence-electron chi connectivity index (χ1n) is 2.98. The second kappa shape index (κ2) is 8.41. The van der Waals surface area contributed by atoms with E-state index in [0.29, 0.717) is 0 Å². The normalized spacial score (nSPS) is 11.7. The van der Waals surface area contributed by atoms with E-state index in [4.69, 9.17) is 35.6 Å². The van der Waals surface area contributed by atoms with Gasteiger partial charge in [0.15, 0.2) is 0 Å². The Balaban J connectivity index is 3.20. The quantitative estimate of drug-likeness (QED) is 0.214. The molecular formula is C6H2Cl4I4-4. The summed E-state index contributed by atoms with van der Waals surface area (Å²) < 4.78 is 4.95. The Kier molecular flexibility index (Phi) is 9.23. The van der Waals surface area contributed by atoms with Crippen molar-refractivity contribution < 1.29 is 80.3 Å². The molecule has 0 nitrogen and oxygen atoms in total. The van der Waals surface area contributed by atoms with Crippen LogP contribution in [0.25, 0.3) is 0 Å². The molecular weight excluding hydrogens is 721 g/mol. The van der Waals surface area contributed by atoms with Gasteiger partial charge in [0.05, 0.1) is 0 Å². The summed E-state index contributed by atoms with van der Waals surface area (Å²) in [5.41, 5.74) is 0. The molecule has 0 aliphatic rings. The van der Waals surface area contributed by atoms with Crippen molar-refractivity contribution in [2.24, 2.45) is 0 Å². The van der Waals surface area contributed by atoms with E-state index >= 15 is 0 Å². The predicted octanol–water partition coefficient (Wildman–Crippen LogP) is -8.66. The summed E-state index contributed by atoms with van der Waals surface area (Å²) in [4.78, 5) is 0. The Hall–Kier alpha value is 3.30. The fourth-order valence-electron chi connectivity index (χ4n) is 0.717. The molecule has 14 heavy (non-hydrogen) atoms. The third-order valence-electron chi connectivity index (χ3n) is 1.27. The van der Waals surface area contributed by atoms with Gasteiger partial charge in [-0.3, -0.25) is 0 Å². The summed E-state index contributed by atoms with van der Waals surface area (Å²) in [5, 5.41) is 0. The van der Waals surface area contributed by atoms with Gasteiger partial charge in [-0.25, -0.2) is 0 Å². The maximum atomic E-state index is 5.95. The van der Waals surface area contributed by atoms with Crippen molar-refractivity contribution in [1.82, 2.24) is 0 Å². The van der Waals surface area contributed by atoms with Gasteiger partial charge in [-0.1, -0.05) is 0 Å². The van der Waals surface area contributed by atoms with E-state index in [1.807, 2.05) is 0 Å². The molecule has 0 aliphatic carbocycles. The number of rotatable bonds is 4. The summed E-state index contributed by atoms with van der Waals surface area (Å²) >= 11 is -1.67. The minimum atomic E-state index is -0.416. The topological polar surface area (TPSA) is 0 Å². The summed E-state index contributed by atoms with van der Waals surface area (Å²) in [6.45, 7) is 0. The predicted molar refractivity (Wildman–Crippen MR) is 44.6 cm³/mol. The third kappa shape index (κ3) is 4.20. The molecule has 0 saturated heterocycles. The maximum absolute atomic E-state index is 5.95. The molecule has 0 unspecified atom stereocenters. The molecule has 0 aliphatic heterocycles. The van der Waals surface area contributed by atoms with Crippen molar-refractivity contribution >= 4 is 35.6 Å². The number of hydrogen-bond acceptors (Lipinski definition) is 0. The molecule has 8 heteroatoms. The van der Waals surface area contributed by atoms with Crippen molar-refractivity contribution in [3.05, 3.63) is 26.4 Å². The summed E-state index contributed by atoms with van der Waals surface area (Å²) in [5.74, 6) is 0. The Labute approximate surface area is 139 Å². The third-order valence-corrected chi connectivity index (χ3v) is 12.8. The zero-order valence-electron chi connectivity index (χ0n) is 6.18. The van der Waals surface area contributed by atoms with Crippen LogP contribution in [0.2, 0.25) is 0 Å². The molecule has 0 bridgehead atoms. The molecule has 0 spiro atoms. The van der Waals surface area contributed by atoms with Crippen molar-refractivity contribution in [2.75, 3.05) is 0 Å². The van der Waals surface area contributed by atoms with Gasteiger partial charge in [0, 0.05) is 0 Å². The van der Waals surface area contributed by atoms with E-state index in [1.165, 1.54) is 14.3 Å². The second-order valence-electron chi connectivity index (χ2n) is 1.97. The summed E-state index contributed by atoms with van der Waals surface area (Å²) in [7, 11) is 23.8. The molecule has 0 N–H and O–H groups in total. The van der Waals surface area contributed by atoms with Gasteiger partial charge in [0.25, 0.3) is 0 Å². The van der Waals surface area contributed by atoms with Crippen molar-refractivity contribution in [2.45, 2.75) is 0 Å². The van der Waals surface area contributed by atoms with Crippen molar-refractivity contribution in [3.63, 3.8) is 0 Å². The first-order valence-corrected chi connectivity index (χ1v) is 18.2. The van der Waals surface area contributed by atoms with Crippen LogP contribution in [0.5, 0.6) is 0 Å². The first-order chi connectivity index (χ1) is 6.76. The van der Waals surface area contributed by atoms with Gasteiger partial charge in [-0.15, -0.1) is 0 Å². The molecule has 0 aromatic heterocycles. The van der Waals surface area contributed by atoms with Crippen LogP contribution in [0.15, 0.2) is 12.1 Å². The van der Waals surface area contributed by atoms with Crippen LogP contribution in [0.3, 0.4) is 0 Å². The molecule has 0 amide bonds. The van der Waals surface area contributed by atoms with Crippen molar-refractivity contribution in [1.29, 1.82) is 0 Å². The second-order valence-corrected chi connectivity index (χ2v) is 12.1. The SMILES string of the molecule is Cl[I-]c1cc([I-]Cl)c([I-]Cl)cc1[I-]Cl. The molecule has 1 aromatic carbocycles. The molecule has 1 rings (SSSR count). The van der Waals surface area contributed by atoms with E-state index in [9.17, 15) is 0 Å². The Morgan fingerprint density at radius 1 is 0.571 bits per heavy atom. The van der Waals surface area contributed by atoms with Crippen LogP contribution in [-0.4, -0.2) is 0 Å². The fraction of sp³-hybridized carbons (Fsp3) is 0. The number of halogens is 8. The zero-order valence-corrected chi connectivity index (χ0v) is 17.8. The number of hydrogen-bond donors (Lipinski definition) is 0. The van der Waals surface area contributed by atoms with Crippen LogP contribution in [0, 0.1) is 14.3 Å². The molecule has 1 aromatic rings. The summed E-state index contributed by atoms with van der Waals surface area (Å²) in [6.07, 6.45) is 0. The number of benzene rings is 1. The Morgan fingerprint density at radius 2 is 0.786 bits per heavy atom. The van der Waals surface area contributed by atoms with Gasteiger partial charge in [-0.2, -0.15) is 0 Å². The van der Waals surface area contributed by atoms with Crippen LogP contribution < -0.4 is 80.3 Å². The van der Waals surface area contributed by atoms with Crippen LogP contribution in [0.4, 0.5) is 0 Å². The monoisotopic (exact) mass is 722 g/mol. The molecule has 86 valence electrons. The average Bonchev–Trinajstić information content (AvgIpc) is 2.26. The Bertz CT molecular complexity index is 261. The molecule has 0 fully saturated rings. The van der Waals surface area contributed by atoms with Gasteiger partial charge >= 0.3 is 142 Å². The van der Waals surface area contributed by atoms with Gasteiger partial charge in [0.1, 0.15) is 0 Å². The first kappa shape index (κ1) is 15.4. The van der Waals surface area contributed by atoms with Crippen molar-refractivity contribution in [3.8, 4) is 0 Å². The van der Waals surface area contributed by atoms with E-state index in [2.05, 4.69) is 12.1 Å². The summed E-state index contributed by atoms with van der Waals surface area (Å²) in [6, 6.07) is 4.27. The van der Waals surface area contributed by atoms with E-state index in [1.54, 1.807) is 0 Å².